The van der Waals surface area contributed by atoms with Gasteiger partial charge >= 0.3 is 10.2 Å². The molecule has 2 aliphatic rings. The summed E-state index contributed by atoms with van der Waals surface area (Å²) in [6, 6.07) is 0. The molecule has 1 fully saturated rings. The molecule has 124 valence electrons. The van der Waals surface area contributed by atoms with Crippen LogP contribution in [0.3, 0.4) is 0 Å². The van der Waals surface area contributed by atoms with Crippen LogP contribution < -0.4 is 22.3 Å². The first-order valence-corrected chi connectivity index (χ1v) is 13.3. The van der Waals surface area contributed by atoms with Crippen LogP contribution in [0.4, 0.5) is 0 Å². The molecule has 0 radical (unpaired) electrons. The molecule has 1 spiro atoms. The van der Waals surface area contributed by atoms with E-state index in [1.807, 2.05) is 0 Å². The second kappa shape index (κ2) is 6.92. The lowest BCUT2D eigenvalue weighted by atomic mass is 10.5. The Labute approximate surface area is 140 Å². The first-order valence-electron chi connectivity index (χ1n) is 5.75. The average Bonchev–Trinajstić information content (AvgIpc) is 3.03. The quantitative estimate of drug-likeness (QED) is 0.160. The molecule has 0 aromatic heterocycles. The summed E-state index contributed by atoms with van der Waals surface area (Å²) in [5.41, 5.74) is 17.2. The average molecular weight is 402 g/mol. The number of thioether (sulfide) groups is 1. The van der Waals surface area contributed by atoms with Crippen LogP contribution in [0.2, 0.25) is 0 Å². The van der Waals surface area contributed by atoms with Gasteiger partial charge in [-0.2, -0.15) is 25.2 Å². The number of amidine groups is 2. The fourth-order valence-corrected chi connectivity index (χ4v) is 9.97. The SMILES string of the molecule is NC(N)=NC1=NC(CSCC/C(N)=N/S(N)(=O)=O)=CS12SS2. The minimum Gasteiger partial charge on any atom is -0.386 e. The molecule has 0 saturated carbocycles. The van der Waals surface area contributed by atoms with Crippen molar-refractivity contribution in [2.75, 3.05) is 11.5 Å². The van der Waals surface area contributed by atoms with Crippen molar-refractivity contribution in [2.24, 2.45) is 36.7 Å². The molecule has 0 aromatic carbocycles. The Balaban J connectivity index is 1.83. The number of guanidine groups is 1. The fraction of sp³-hybridized carbons (Fsp3) is 0.375. The number of rotatable bonds is 6. The van der Waals surface area contributed by atoms with Crippen molar-refractivity contribution < 1.29 is 8.42 Å². The largest absolute Gasteiger partial charge is 0.386 e. The lowest BCUT2D eigenvalue weighted by Crippen LogP contribution is -2.23. The minimum absolute atomic E-state index is 0.00417. The molecule has 0 amide bonds. The summed E-state index contributed by atoms with van der Waals surface area (Å²) >= 11 is 1.57. The summed E-state index contributed by atoms with van der Waals surface area (Å²) < 4.78 is 24.7. The van der Waals surface area contributed by atoms with Crippen LogP contribution in [-0.4, -0.2) is 36.9 Å². The maximum atomic E-state index is 10.7. The predicted molar refractivity (Wildman–Crippen MR) is 101 cm³/mol. The van der Waals surface area contributed by atoms with Crippen molar-refractivity contribution in [2.45, 2.75) is 6.42 Å². The van der Waals surface area contributed by atoms with Crippen LogP contribution in [0.25, 0.3) is 0 Å². The van der Waals surface area contributed by atoms with Crippen LogP contribution in [0.15, 0.2) is 25.5 Å². The van der Waals surface area contributed by atoms with Gasteiger partial charge in [-0.05, 0) is 27.7 Å². The number of nitrogens with two attached hydrogens (primary N) is 4. The summed E-state index contributed by atoms with van der Waals surface area (Å²) in [6.45, 7) is 0. The molecule has 2 heterocycles. The Bertz CT molecular complexity index is 675. The first-order chi connectivity index (χ1) is 10.2. The third kappa shape index (κ3) is 5.27. The molecule has 0 aliphatic carbocycles. The van der Waals surface area contributed by atoms with Crippen LogP contribution in [0, 0.1) is 0 Å². The highest BCUT2D eigenvalue weighted by atomic mass is 34.1. The van der Waals surface area contributed by atoms with Crippen molar-refractivity contribution in [3.63, 3.8) is 0 Å². The molecular formula is C8H15N7O2S5. The number of hydrogen-bond donors (Lipinski definition) is 4. The zero-order valence-electron chi connectivity index (χ0n) is 11.2. The molecule has 0 bridgehead atoms. The molecule has 2 rings (SSSR count). The Kier molecular flexibility index (Phi) is 5.60. The van der Waals surface area contributed by atoms with E-state index in [9.17, 15) is 8.42 Å². The molecular weight excluding hydrogens is 386 g/mol. The highest BCUT2D eigenvalue weighted by Crippen LogP contribution is 2.97. The molecule has 1 saturated heterocycles. The maximum Gasteiger partial charge on any atom is 0.318 e. The monoisotopic (exact) mass is 401 g/mol. The van der Waals surface area contributed by atoms with Crippen molar-refractivity contribution in [1.82, 2.24) is 0 Å². The molecule has 22 heavy (non-hydrogen) atoms. The van der Waals surface area contributed by atoms with E-state index in [4.69, 9.17) is 22.3 Å². The van der Waals surface area contributed by atoms with Gasteiger partial charge in [0, 0.05) is 23.3 Å². The van der Waals surface area contributed by atoms with Gasteiger partial charge in [-0.1, -0.05) is 0 Å². The van der Waals surface area contributed by atoms with Gasteiger partial charge in [0.25, 0.3) is 0 Å². The molecule has 9 nitrogen and oxygen atoms in total. The van der Waals surface area contributed by atoms with Crippen molar-refractivity contribution >= 4 is 66.7 Å². The number of hydrogen-bond acceptors (Lipinski definition) is 7. The smallest absolute Gasteiger partial charge is 0.318 e. The zero-order chi connectivity index (χ0) is 16.4. The molecule has 0 unspecified atom stereocenters. The van der Waals surface area contributed by atoms with E-state index in [-0.39, 0.29) is 11.8 Å². The molecule has 0 aromatic rings. The molecule has 2 aliphatic heterocycles. The van der Waals surface area contributed by atoms with Crippen LogP contribution >= 0.6 is 39.5 Å². The van der Waals surface area contributed by atoms with Crippen molar-refractivity contribution in [3.8, 4) is 0 Å². The Morgan fingerprint density at radius 1 is 1.36 bits per heavy atom. The van der Waals surface area contributed by atoms with Gasteiger partial charge in [0.15, 0.2) is 11.1 Å². The fourth-order valence-electron chi connectivity index (χ4n) is 1.40. The lowest BCUT2D eigenvalue weighted by molar-refractivity contribution is 0.599. The van der Waals surface area contributed by atoms with Crippen LogP contribution in [0.5, 0.6) is 0 Å². The zero-order valence-corrected chi connectivity index (χ0v) is 15.3. The summed E-state index contributed by atoms with van der Waals surface area (Å²) in [5, 5.41) is 7.57. The number of aliphatic imine (C=N–C) groups is 2. The van der Waals surface area contributed by atoms with Gasteiger partial charge in [-0.25, -0.2) is 10.1 Å². The predicted octanol–water partition coefficient (Wildman–Crippen LogP) is 0.184. The summed E-state index contributed by atoms with van der Waals surface area (Å²) in [7, 11) is -1.61. The summed E-state index contributed by atoms with van der Waals surface area (Å²) in [5.74, 6) is 1.28. The van der Waals surface area contributed by atoms with E-state index in [0.717, 1.165) is 5.70 Å². The topological polar surface area (TPSA) is 175 Å². The van der Waals surface area contributed by atoms with Crippen LogP contribution in [-0.2, 0) is 10.2 Å². The molecule has 14 heteroatoms. The van der Waals surface area contributed by atoms with Crippen molar-refractivity contribution in [1.29, 1.82) is 0 Å². The second-order valence-corrected chi connectivity index (χ2v) is 15.5. The molecule has 0 atom stereocenters. The van der Waals surface area contributed by atoms with E-state index in [0.29, 0.717) is 23.1 Å². The van der Waals surface area contributed by atoms with E-state index < -0.39 is 18.3 Å². The van der Waals surface area contributed by atoms with Gasteiger partial charge in [0.2, 0.25) is 0 Å². The van der Waals surface area contributed by atoms with E-state index in [1.165, 1.54) is 0 Å². The Hall–Kier alpha value is -0.540. The highest BCUT2D eigenvalue weighted by Gasteiger charge is 2.48. The van der Waals surface area contributed by atoms with Gasteiger partial charge in [-0.15, -0.1) is 4.40 Å². The summed E-state index contributed by atoms with van der Waals surface area (Å²) in [4.78, 5) is 8.52. The standard InChI is InChI=1S/C8H15N7O2S5/c9-6(15-22(12,16)17)1-2-18-3-5-4-21(19-20-21)8(13-5)14-7(10)11/h4H,1-3H2,(H2,9,15)(H2,12,16,17)(H4,10,11,13,14). The van der Waals surface area contributed by atoms with E-state index in [2.05, 4.69) is 19.8 Å². The normalized spacial score (nSPS) is 21.2. The van der Waals surface area contributed by atoms with Gasteiger partial charge < -0.3 is 17.2 Å². The first kappa shape index (κ1) is 17.8. The van der Waals surface area contributed by atoms with E-state index in [1.54, 1.807) is 31.4 Å². The highest BCUT2D eigenvalue weighted by molar-refractivity contribution is 9.73. The van der Waals surface area contributed by atoms with Gasteiger partial charge in [-0.3, -0.25) is 0 Å². The van der Waals surface area contributed by atoms with Gasteiger partial charge in [0.05, 0.1) is 5.70 Å². The Morgan fingerprint density at radius 3 is 2.59 bits per heavy atom. The lowest BCUT2D eigenvalue weighted by Gasteiger charge is -2.03. The summed E-state index contributed by atoms with van der Waals surface area (Å²) in [6.07, 6.45) is 0.334. The Morgan fingerprint density at radius 2 is 2.05 bits per heavy atom. The third-order valence-corrected chi connectivity index (χ3v) is 12.0. The number of nitrogens with zero attached hydrogens (tertiary/aromatic N) is 3. The minimum atomic E-state index is -3.92. The maximum absolute atomic E-state index is 10.7. The second-order valence-electron chi connectivity index (χ2n) is 4.12. The third-order valence-electron chi connectivity index (χ3n) is 2.22. The van der Waals surface area contributed by atoms with Crippen molar-refractivity contribution in [3.05, 3.63) is 11.1 Å². The molecule has 8 N–H and O–H groups in total. The van der Waals surface area contributed by atoms with Gasteiger partial charge in [0.1, 0.15) is 5.84 Å². The van der Waals surface area contributed by atoms with Crippen LogP contribution in [0.1, 0.15) is 6.42 Å². The van der Waals surface area contributed by atoms with E-state index >= 15 is 0 Å².